The molecule has 0 spiro atoms. The quantitative estimate of drug-likeness (QED) is 0.484. The van der Waals surface area contributed by atoms with Gasteiger partial charge in [0.2, 0.25) is 3.92 Å². The third kappa shape index (κ3) is 57.5. The summed E-state index contributed by atoms with van der Waals surface area (Å²) in [6.45, 7) is 0. The van der Waals surface area contributed by atoms with Crippen LogP contribution in [0.3, 0.4) is 0 Å². The first kappa shape index (κ1) is 10.3. The number of hydrogen-bond acceptors (Lipinski definition) is 1. The second-order valence-electron chi connectivity index (χ2n) is 0.542. The summed E-state index contributed by atoms with van der Waals surface area (Å²) in [6.07, 6.45) is 0. The number of rotatable bonds is 0. The highest BCUT2D eigenvalue weighted by atomic mass is 79.9. The van der Waals surface area contributed by atoms with Gasteiger partial charge in [0.25, 0.3) is 0 Å². The molecule has 0 fully saturated rings. The predicted octanol–water partition coefficient (Wildman–Crippen LogP) is 1.85. The molecule has 0 unspecified atom stereocenters. The van der Waals surface area contributed by atoms with Crippen LogP contribution in [0.15, 0.2) is 0 Å². The van der Waals surface area contributed by atoms with Crippen LogP contribution < -0.4 is 5.73 Å². The van der Waals surface area contributed by atoms with Crippen LogP contribution >= 0.6 is 51.8 Å². The van der Waals surface area contributed by atoms with Gasteiger partial charge in [0.05, 0.1) is 0 Å². The van der Waals surface area contributed by atoms with Gasteiger partial charge in [0.15, 0.2) is 0 Å². The van der Waals surface area contributed by atoms with E-state index in [9.17, 15) is 0 Å². The molecule has 0 saturated heterocycles. The molecule has 0 heterocycles. The van der Waals surface area contributed by atoms with Crippen LogP contribution in [0.1, 0.15) is 0 Å². The van der Waals surface area contributed by atoms with Gasteiger partial charge in [-0.05, 0) is 0 Å². The van der Waals surface area contributed by atoms with Crippen LogP contribution in [0.25, 0.3) is 0 Å². The standard InChI is InChI=1S/CH2Cl3N.BrH/c2-1(3,4)5;/h5H2;1H. The molecule has 6 heavy (non-hydrogen) atoms. The van der Waals surface area contributed by atoms with Crippen molar-refractivity contribution < 1.29 is 0 Å². The molecule has 5 heteroatoms. The molecule has 1 nitrogen and oxygen atoms in total. The highest BCUT2D eigenvalue weighted by molar-refractivity contribution is 8.93. The molecule has 0 aliphatic heterocycles. The van der Waals surface area contributed by atoms with Gasteiger partial charge in [0, 0.05) is 0 Å². The maximum absolute atomic E-state index is 4.84. The zero-order valence-electron chi connectivity index (χ0n) is 2.62. The van der Waals surface area contributed by atoms with Gasteiger partial charge >= 0.3 is 0 Å². The second kappa shape index (κ2) is 3.33. The average molecular weight is 215 g/mol. The lowest BCUT2D eigenvalue weighted by Crippen LogP contribution is -2.15. The first-order valence-electron chi connectivity index (χ1n) is 0.856. The Morgan fingerprint density at radius 1 is 1.17 bits per heavy atom. The van der Waals surface area contributed by atoms with Gasteiger partial charge in [-0.1, -0.05) is 34.8 Å². The van der Waals surface area contributed by atoms with Gasteiger partial charge < -0.3 is 0 Å². The topological polar surface area (TPSA) is 26.0 Å². The molecule has 0 radical (unpaired) electrons. The van der Waals surface area contributed by atoms with Crippen molar-refractivity contribution >= 4 is 51.8 Å². The van der Waals surface area contributed by atoms with Crippen LogP contribution in [-0.4, -0.2) is 3.92 Å². The van der Waals surface area contributed by atoms with Gasteiger partial charge in [-0.15, -0.1) is 17.0 Å². The summed E-state index contributed by atoms with van der Waals surface area (Å²) in [5.74, 6) is 0. The van der Waals surface area contributed by atoms with Crippen LogP contribution in [0.4, 0.5) is 0 Å². The molecule has 0 aliphatic rings. The lowest BCUT2D eigenvalue weighted by atomic mass is 11.5. The molecule has 0 amide bonds. The molecule has 0 saturated carbocycles. The minimum absolute atomic E-state index is 0. The van der Waals surface area contributed by atoms with Crippen LogP contribution in [0.2, 0.25) is 0 Å². The zero-order chi connectivity index (χ0) is 4.50. The highest BCUT2D eigenvalue weighted by Crippen LogP contribution is 2.16. The fourth-order valence-corrected chi connectivity index (χ4v) is 0. The Kier molecular flexibility index (Phi) is 5.73. The summed E-state index contributed by atoms with van der Waals surface area (Å²) in [5, 5.41) is 0. The van der Waals surface area contributed by atoms with Crippen molar-refractivity contribution in [3.05, 3.63) is 0 Å². The molecule has 0 rings (SSSR count). The fraction of sp³-hybridized carbons (Fsp3) is 1.00. The van der Waals surface area contributed by atoms with Crippen molar-refractivity contribution in [1.29, 1.82) is 0 Å². The number of alkyl halides is 3. The van der Waals surface area contributed by atoms with Crippen LogP contribution in [-0.2, 0) is 0 Å². The monoisotopic (exact) mass is 213 g/mol. The second-order valence-corrected chi connectivity index (χ2v) is 2.91. The van der Waals surface area contributed by atoms with E-state index in [4.69, 9.17) is 34.8 Å². The van der Waals surface area contributed by atoms with Crippen molar-refractivity contribution in [2.24, 2.45) is 5.73 Å². The molecular weight excluding hydrogens is 212 g/mol. The molecule has 0 aromatic carbocycles. The van der Waals surface area contributed by atoms with Crippen molar-refractivity contribution in [1.82, 2.24) is 0 Å². The lowest BCUT2D eigenvalue weighted by Gasteiger charge is -1.95. The normalized spacial score (nSPS) is 10.0. The first-order valence-corrected chi connectivity index (χ1v) is 1.99. The Hall–Kier alpha value is 1.31. The van der Waals surface area contributed by atoms with E-state index in [1.54, 1.807) is 0 Å². The summed E-state index contributed by atoms with van der Waals surface area (Å²) < 4.78 is -1.58. The smallest absolute Gasteiger partial charge is 0.242 e. The van der Waals surface area contributed by atoms with Crippen molar-refractivity contribution in [3.8, 4) is 0 Å². The van der Waals surface area contributed by atoms with Gasteiger partial charge in [-0.3, -0.25) is 5.73 Å². The van der Waals surface area contributed by atoms with E-state index in [-0.39, 0.29) is 17.0 Å². The Bertz CT molecular complexity index is 26.3. The minimum Gasteiger partial charge on any atom is -0.287 e. The SMILES string of the molecule is Br.NC(Cl)(Cl)Cl. The maximum atomic E-state index is 4.84. The molecule has 0 atom stereocenters. The Labute approximate surface area is 61.5 Å². The summed E-state index contributed by atoms with van der Waals surface area (Å²) in [7, 11) is 0. The van der Waals surface area contributed by atoms with E-state index in [0.717, 1.165) is 0 Å². The van der Waals surface area contributed by atoms with Gasteiger partial charge in [0.1, 0.15) is 0 Å². The maximum Gasteiger partial charge on any atom is 0.242 e. The Morgan fingerprint density at radius 2 is 1.17 bits per heavy atom. The summed E-state index contributed by atoms with van der Waals surface area (Å²) in [5.41, 5.74) is 4.65. The number of nitrogens with two attached hydrogens (primary N) is 1. The van der Waals surface area contributed by atoms with E-state index in [0.29, 0.717) is 0 Å². The van der Waals surface area contributed by atoms with Gasteiger partial charge in [-0.25, -0.2) is 0 Å². The molecule has 40 valence electrons. The Morgan fingerprint density at radius 3 is 1.17 bits per heavy atom. The van der Waals surface area contributed by atoms with Gasteiger partial charge in [-0.2, -0.15) is 0 Å². The fourth-order valence-electron chi connectivity index (χ4n) is 0. The third-order valence-corrected chi connectivity index (χ3v) is 0. The summed E-state index contributed by atoms with van der Waals surface area (Å²) in [4.78, 5) is 0. The molecule has 2 N–H and O–H groups in total. The molecule has 0 aromatic heterocycles. The van der Waals surface area contributed by atoms with Crippen LogP contribution in [0.5, 0.6) is 0 Å². The van der Waals surface area contributed by atoms with E-state index in [1.807, 2.05) is 0 Å². The van der Waals surface area contributed by atoms with Crippen LogP contribution in [0, 0.1) is 0 Å². The lowest BCUT2D eigenvalue weighted by molar-refractivity contribution is 1.17. The van der Waals surface area contributed by atoms with Crippen molar-refractivity contribution in [2.75, 3.05) is 0 Å². The Balaban J connectivity index is 0. The summed E-state index contributed by atoms with van der Waals surface area (Å²) >= 11 is 14.5. The molecule has 0 aromatic rings. The third-order valence-electron chi connectivity index (χ3n) is 0. The van der Waals surface area contributed by atoms with E-state index in [1.165, 1.54) is 0 Å². The van der Waals surface area contributed by atoms with Crippen molar-refractivity contribution in [2.45, 2.75) is 3.92 Å². The van der Waals surface area contributed by atoms with E-state index in [2.05, 4.69) is 5.73 Å². The molecule has 0 aliphatic carbocycles. The zero-order valence-corrected chi connectivity index (χ0v) is 6.60. The highest BCUT2D eigenvalue weighted by Gasteiger charge is 2.07. The number of halogens is 4. The van der Waals surface area contributed by atoms with E-state index >= 15 is 0 Å². The van der Waals surface area contributed by atoms with E-state index < -0.39 is 3.92 Å². The van der Waals surface area contributed by atoms with Crippen molar-refractivity contribution in [3.63, 3.8) is 0 Å². The number of hydrogen-bond donors (Lipinski definition) is 1. The first-order chi connectivity index (χ1) is 2.00. The predicted molar refractivity (Wildman–Crippen MR) is 34.8 cm³/mol. The summed E-state index contributed by atoms with van der Waals surface area (Å²) in [6, 6.07) is 0. The average Bonchev–Trinajstić information content (AvgIpc) is 0.722. The largest absolute Gasteiger partial charge is 0.287 e. The minimum atomic E-state index is -1.58. The molecule has 0 bridgehead atoms. The molecular formula is CH3BrCl3N.